The van der Waals surface area contributed by atoms with Crippen LogP contribution in [0.4, 0.5) is 17.1 Å². The van der Waals surface area contributed by atoms with Crippen molar-refractivity contribution in [2.24, 2.45) is 5.41 Å². The summed E-state index contributed by atoms with van der Waals surface area (Å²) in [5.41, 5.74) is 18.9. The molecule has 0 atom stereocenters. The molecular formula is C60H52N2. The fourth-order valence-electron chi connectivity index (χ4n) is 11.8. The Balaban J connectivity index is 0.977. The van der Waals surface area contributed by atoms with Crippen LogP contribution < -0.4 is 9.80 Å². The smallest absolute Gasteiger partial charge is 0.0499 e. The number of fused-ring (bicyclic) bond motifs is 6. The van der Waals surface area contributed by atoms with Gasteiger partial charge in [0, 0.05) is 45.0 Å². The zero-order valence-corrected chi connectivity index (χ0v) is 36.3. The van der Waals surface area contributed by atoms with Crippen LogP contribution in [-0.4, -0.2) is 0 Å². The first-order chi connectivity index (χ1) is 30.3. The normalized spacial score (nSPS) is 18.7. The van der Waals surface area contributed by atoms with Crippen LogP contribution in [0.5, 0.6) is 0 Å². The molecule has 2 aliphatic heterocycles. The van der Waals surface area contributed by atoms with Gasteiger partial charge < -0.3 is 9.80 Å². The van der Waals surface area contributed by atoms with Crippen molar-refractivity contribution >= 4 is 49.4 Å². The summed E-state index contributed by atoms with van der Waals surface area (Å²) in [6.07, 6.45) is 20.8. The van der Waals surface area contributed by atoms with Crippen molar-refractivity contribution in [1.82, 2.24) is 0 Å². The van der Waals surface area contributed by atoms with Crippen LogP contribution in [0.1, 0.15) is 71.8 Å². The molecule has 0 amide bonds. The number of rotatable bonds is 4. The fourth-order valence-corrected chi connectivity index (χ4v) is 11.8. The summed E-state index contributed by atoms with van der Waals surface area (Å²) in [4.78, 5) is 5.11. The molecule has 0 saturated carbocycles. The predicted octanol–water partition coefficient (Wildman–Crippen LogP) is 16.6. The Labute approximate surface area is 366 Å². The maximum Gasteiger partial charge on any atom is 0.0499 e. The molecule has 5 aliphatic rings. The van der Waals surface area contributed by atoms with Crippen LogP contribution in [-0.2, 0) is 5.41 Å². The second-order valence-electron chi connectivity index (χ2n) is 19.0. The predicted molar refractivity (Wildman–Crippen MR) is 264 cm³/mol. The van der Waals surface area contributed by atoms with Gasteiger partial charge in [0.05, 0.1) is 0 Å². The molecule has 0 spiro atoms. The highest BCUT2D eigenvalue weighted by Gasteiger charge is 2.40. The number of anilines is 3. The number of benzene rings is 7. The Morgan fingerprint density at radius 3 is 1.55 bits per heavy atom. The van der Waals surface area contributed by atoms with Gasteiger partial charge in [0.2, 0.25) is 0 Å². The lowest BCUT2D eigenvalue weighted by Gasteiger charge is -2.46. The van der Waals surface area contributed by atoms with Gasteiger partial charge in [-0.25, -0.2) is 0 Å². The maximum atomic E-state index is 2.58. The molecule has 2 nitrogen and oxygen atoms in total. The highest BCUT2D eigenvalue weighted by atomic mass is 15.2. The van der Waals surface area contributed by atoms with Gasteiger partial charge in [-0.1, -0.05) is 149 Å². The second kappa shape index (κ2) is 13.9. The van der Waals surface area contributed by atoms with Gasteiger partial charge >= 0.3 is 0 Å². The van der Waals surface area contributed by atoms with Crippen LogP contribution in [0, 0.1) is 5.41 Å². The zero-order valence-electron chi connectivity index (χ0n) is 36.3. The van der Waals surface area contributed by atoms with E-state index in [4.69, 9.17) is 0 Å². The minimum Gasteiger partial charge on any atom is -0.314 e. The third-order valence-corrected chi connectivity index (χ3v) is 14.9. The minimum atomic E-state index is -0.0395. The number of para-hydroxylation sites is 1. The van der Waals surface area contributed by atoms with Crippen LogP contribution >= 0.6 is 0 Å². The van der Waals surface area contributed by atoms with Gasteiger partial charge in [-0.2, -0.15) is 0 Å². The molecule has 0 unspecified atom stereocenters. The SMILES string of the molecule is CC1(C)C2=C(CCC=C2)N(c2ccc(-c3cc4cc(-c5ccc(N6C7=C(C=CCC7)C(C)(C)c7ccccc76)cc5)c5ccccc5c4c4ccccc34)cc2)C2=C1CCC=C2. The first-order valence-corrected chi connectivity index (χ1v) is 22.8. The summed E-state index contributed by atoms with van der Waals surface area (Å²) < 4.78 is 0. The van der Waals surface area contributed by atoms with Crippen molar-refractivity contribution in [3.63, 3.8) is 0 Å². The molecule has 0 bridgehead atoms. The Hall–Kier alpha value is -6.64. The lowest BCUT2D eigenvalue weighted by atomic mass is 9.68. The van der Waals surface area contributed by atoms with Crippen molar-refractivity contribution in [2.45, 2.75) is 71.6 Å². The number of allylic oxidation sites excluding steroid dienone is 11. The van der Waals surface area contributed by atoms with Crippen molar-refractivity contribution in [3.8, 4) is 22.3 Å². The third kappa shape index (κ3) is 5.48. The van der Waals surface area contributed by atoms with E-state index in [1.807, 2.05) is 0 Å². The molecule has 2 heterocycles. The van der Waals surface area contributed by atoms with Crippen LogP contribution in [0.15, 0.2) is 204 Å². The summed E-state index contributed by atoms with van der Waals surface area (Å²) in [7, 11) is 0. The Kier molecular flexibility index (Phi) is 8.35. The van der Waals surface area contributed by atoms with Crippen molar-refractivity contribution in [3.05, 3.63) is 209 Å². The number of nitrogens with zero attached hydrogens (tertiary/aromatic N) is 2. The van der Waals surface area contributed by atoms with E-state index >= 15 is 0 Å². The van der Waals surface area contributed by atoms with Crippen LogP contribution in [0.3, 0.4) is 0 Å². The molecule has 62 heavy (non-hydrogen) atoms. The molecule has 0 fully saturated rings. The highest BCUT2D eigenvalue weighted by molar-refractivity contribution is 6.25. The van der Waals surface area contributed by atoms with Gasteiger partial charge in [-0.05, 0) is 164 Å². The summed E-state index contributed by atoms with van der Waals surface area (Å²) in [6.45, 7) is 9.62. The Bertz CT molecular complexity index is 3210. The zero-order chi connectivity index (χ0) is 41.7. The largest absolute Gasteiger partial charge is 0.314 e. The molecule has 7 aromatic carbocycles. The van der Waals surface area contributed by atoms with Crippen molar-refractivity contribution in [1.29, 1.82) is 0 Å². The highest BCUT2D eigenvalue weighted by Crippen LogP contribution is 2.53. The molecule has 2 heteroatoms. The van der Waals surface area contributed by atoms with E-state index < -0.39 is 0 Å². The fraction of sp³-hybridized carbons (Fsp3) is 0.200. The second-order valence-corrected chi connectivity index (χ2v) is 19.0. The summed E-state index contributed by atoms with van der Waals surface area (Å²) >= 11 is 0. The average Bonchev–Trinajstić information content (AvgIpc) is 3.32. The molecule has 0 aromatic heterocycles. The van der Waals surface area contributed by atoms with E-state index in [0.717, 1.165) is 38.5 Å². The number of hydrogen-bond donors (Lipinski definition) is 0. The first-order valence-electron chi connectivity index (χ1n) is 22.8. The van der Waals surface area contributed by atoms with Gasteiger partial charge in [-0.3, -0.25) is 0 Å². The standard InChI is InChI=1S/C60H52N2/c1-59(2)50-21-9-13-25-54(50)61(55-26-14-10-22-51(55)59)42-33-29-39(30-34-42)48-37-41-38-49(45-18-6-8-20-47(45)58(41)46-19-7-5-17-44(46)48)40-31-35-43(36-32-40)62-56-27-15-11-23-52(56)60(3,4)53-24-12-16-28-57(53)62/h5-11,13,16-23,25,28-38H,12,14-15,24,26-27H2,1-4H3. The lowest BCUT2D eigenvalue weighted by molar-refractivity contribution is 0.492. The maximum absolute atomic E-state index is 2.58. The van der Waals surface area contributed by atoms with Crippen molar-refractivity contribution < 1.29 is 0 Å². The van der Waals surface area contributed by atoms with E-state index in [9.17, 15) is 0 Å². The van der Waals surface area contributed by atoms with E-state index in [1.54, 1.807) is 5.57 Å². The van der Waals surface area contributed by atoms with Crippen LogP contribution in [0.2, 0.25) is 0 Å². The van der Waals surface area contributed by atoms with E-state index in [2.05, 4.69) is 207 Å². The van der Waals surface area contributed by atoms with Gasteiger partial charge in [0.15, 0.2) is 0 Å². The van der Waals surface area contributed by atoms with Crippen LogP contribution in [0.25, 0.3) is 54.6 Å². The summed E-state index contributed by atoms with van der Waals surface area (Å²) in [5.74, 6) is 0. The quantitative estimate of drug-likeness (QED) is 0.164. The molecular weight excluding hydrogens is 749 g/mol. The molecule has 0 N–H and O–H groups in total. The van der Waals surface area contributed by atoms with E-state index in [0.29, 0.717) is 0 Å². The lowest BCUT2D eigenvalue weighted by Crippen LogP contribution is -2.36. The minimum absolute atomic E-state index is 0.0395. The third-order valence-electron chi connectivity index (χ3n) is 14.9. The van der Waals surface area contributed by atoms with Gasteiger partial charge in [0.1, 0.15) is 0 Å². The monoisotopic (exact) mass is 800 g/mol. The Morgan fingerprint density at radius 2 is 0.935 bits per heavy atom. The average molecular weight is 801 g/mol. The summed E-state index contributed by atoms with van der Waals surface area (Å²) in [6, 6.07) is 50.7. The molecule has 0 saturated heterocycles. The summed E-state index contributed by atoms with van der Waals surface area (Å²) in [5, 5.41) is 7.74. The molecule has 0 radical (unpaired) electrons. The van der Waals surface area contributed by atoms with E-state index in [1.165, 1.54) is 105 Å². The molecule has 302 valence electrons. The van der Waals surface area contributed by atoms with Gasteiger partial charge in [0.25, 0.3) is 0 Å². The Morgan fingerprint density at radius 1 is 0.452 bits per heavy atom. The topological polar surface area (TPSA) is 6.48 Å². The molecule has 3 aliphatic carbocycles. The van der Waals surface area contributed by atoms with Gasteiger partial charge in [-0.15, -0.1) is 0 Å². The number of hydrogen-bond acceptors (Lipinski definition) is 2. The van der Waals surface area contributed by atoms with E-state index in [-0.39, 0.29) is 10.8 Å². The first kappa shape index (κ1) is 37.1. The molecule has 7 aromatic rings. The molecule has 12 rings (SSSR count). The van der Waals surface area contributed by atoms with Crippen molar-refractivity contribution in [2.75, 3.05) is 9.80 Å².